The van der Waals surface area contributed by atoms with Crippen LogP contribution < -0.4 is 0 Å². The van der Waals surface area contributed by atoms with Crippen LogP contribution in [0.1, 0.15) is 24.3 Å². The van der Waals surface area contributed by atoms with Gasteiger partial charge in [0.15, 0.2) is 0 Å². The van der Waals surface area contributed by atoms with E-state index in [2.05, 4.69) is 34.8 Å². The maximum Gasteiger partial charge on any atom is 0.272 e. The molecular formula is C12H15BrN2OS. The van der Waals surface area contributed by atoms with Crippen LogP contribution in [0.5, 0.6) is 0 Å². The summed E-state index contributed by atoms with van der Waals surface area (Å²) in [6, 6.07) is 3.62. The molecule has 0 radical (unpaired) electrons. The maximum atomic E-state index is 12.2. The van der Waals surface area contributed by atoms with E-state index < -0.39 is 0 Å². The molecule has 1 aromatic rings. The van der Waals surface area contributed by atoms with Gasteiger partial charge in [0.1, 0.15) is 5.69 Å². The van der Waals surface area contributed by atoms with E-state index in [0.29, 0.717) is 5.69 Å². The number of carbonyl (C=O) groups excluding carboxylic acids is 1. The Morgan fingerprint density at radius 1 is 1.53 bits per heavy atom. The molecule has 1 amide bonds. The van der Waals surface area contributed by atoms with Gasteiger partial charge in [0, 0.05) is 34.3 Å². The number of carbonyl (C=O) groups is 1. The number of amides is 1. The maximum absolute atomic E-state index is 12.2. The molecule has 92 valence electrons. The van der Waals surface area contributed by atoms with Gasteiger partial charge in [-0.15, -0.1) is 0 Å². The van der Waals surface area contributed by atoms with E-state index >= 15 is 0 Å². The molecule has 1 fully saturated rings. The Morgan fingerprint density at radius 2 is 2.29 bits per heavy atom. The molecule has 1 aliphatic heterocycles. The highest BCUT2D eigenvalue weighted by Gasteiger charge is 2.30. The third-order valence-electron chi connectivity index (χ3n) is 2.66. The van der Waals surface area contributed by atoms with Gasteiger partial charge in [-0.1, -0.05) is 0 Å². The van der Waals surface area contributed by atoms with Gasteiger partial charge in [0.2, 0.25) is 0 Å². The lowest BCUT2D eigenvalue weighted by Gasteiger charge is -2.37. The number of pyridine rings is 1. The largest absolute Gasteiger partial charge is 0.335 e. The highest BCUT2D eigenvalue weighted by Crippen LogP contribution is 2.30. The van der Waals surface area contributed by atoms with Crippen molar-refractivity contribution in [3.05, 3.63) is 28.5 Å². The average Bonchev–Trinajstić information content (AvgIpc) is 2.28. The minimum Gasteiger partial charge on any atom is -0.335 e. The second-order valence-corrected chi connectivity index (χ2v) is 7.41. The van der Waals surface area contributed by atoms with Gasteiger partial charge < -0.3 is 4.90 Å². The van der Waals surface area contributed by atoms with E-state index in [4.69, 9.17) is 0 Å². The number of rotatable bonds is 1. The predicted octanol–water partition coefficient (Wildman–Crippen LogP) is 2.81. The minimum absolute atomic E-state index is 0.0332. The van der Waals surface area contributed by atoms with E-state index in [1.54, 1.807) is 12.3 Å². The molecule has 0 aromatic carbocycles. The Bertz CT molecular complexity index is 419. The molecule has 3 nitrogen and oxygen atoms in total. The summed E-state index contributed by atoms with van der Waals surface area (Å²) in [5.41, 5.74) is 0.524. The molecule has 17 heavy (non-hydrogen) atoms. The standard InChI is InChI=1S/C12H15BrN2OS/c1-12(2)8-15(5-6-17-12)11(16)10-4-3-9(13)7-14-10/h3-4,7H,5-6,8H2,1-2H3. The zero-order chi connectivity index (χ0) is 12.5. The third-order valence-corrected chi connectivity index (χ3v) is 4.43. The summed E-state index contributed by atoms with van der Waals surface area (Å²) < 4.78 is 1.03. The molecule has 0 atom stereocenters. The first kappa shape index (κ1) is 12.9. The van der Waals surface area contributed by atoms with Gasteiger partial charge >= 0.3 is 0 Å². The monoisotopic (exact) mass is 314 g/mol. The number of aromatic nitrogens is 1. The number of hydrogen-bond acceptors (Lipinski definition) is 3. The fourth-order valence-corrected chi connectivity index (χ4v) is 3.20. The van der Waals surface area contributed by atoms with E-state index in [1.807, 2.05) is 22.7 Å². The Morgan fingerprint density at radius 3 is 2.88 bits per heavy atom. The lowest BCUT2D eigenvalue weighted by atomic mass is 10.1. The second kappa shape index (κ2) is 4.98. The third kappa shape index (κ3) is 3.22. The lowest BCUT2D eigenvalue weighted by Crippen LogP contribution is -2.46. The zero-order valence-electron chi connectivity index (χ0n) is 9.94. The van der Waals surface area contributed by atoms with Crippen LogP contribution in [0.15, 0.2) is 22.8 Å². The first-order valence-corrected chi connectivity index (χ1v) is 7.31. The van der Waals surface area contributed by atoms with Crippen molar-refractivity contribution in [1.82, 2.24) is 9.88 Å². The fraction of sp³-hybridized carbons (Fsp3) is 0.500. The SMILES string of the molecule is CC1(C)CN(C(=O)c2ccc(Br)cn2)CCS1. The van der Waals surface area contributed by atoms with Gasteiger partial charge in [0.25, 0.3) is 5.91 Å². The normalized spacial score (nSPS) is 19.1. The molecule has 0 aliphatic carbocycles. The molecule has 2 rings (SSSR count). The van der Waals surface area contributed by atoms with E-state index in [9.17, 15) is 4.79 Å². The summed E-state index contributed by atoms with van der Waals surface area (Å²) in [6.07, 6.45) is 1.66. The summed E-state index contributed by atoms with van der Waals surface area (Å²) >= 11 is 5.24. The van der Waals surface area contributed by atoms with E-state index in [1.165, 1.54) is 0 Å². The number of hydrogen-bond donors (Lipinski definition) is 0. The smallest absolute Gasteiger partial charge is 0.272 e. The molecule has 1 aliphatic rings. The van der Waals surface area contributed by atoms with Crippen LogP contribution in [0.2, 0.25) is 0 Å². The van der Waals surface area contributed by atoms with Crippen LogP contribution in [0.4, 0.5) is 0 Å². The summed E-state index contributed by atoms with van der Waals surface area (Å²) in [5, 5.41) is 0. The number of halogens is 1. The van der Waals surface area contributed by atoms with Crippen LogP contribution in [-0.2, 0) is 0 Å². The first-order chi connectivity index (χ1) is 7.98. The minimum atomic E-state index is 0.0332. The molecule has 5 heteroatoms. The van der Waals surface area contributed by atoms with Crippen LogP contribution in [0, 0.1) is 0 Å². The van der Waals surface area contributed by atoms with Crippen LogP contribution >= 0.6 is 27.7 Å². The topological polar surface area (TPSA) is 33.2 Å². The Labute approximate surface area is 114 Å². The number of nitrogens with zero attached hydrogens (tertiary/aromatic N) is 2. The lowest BCUT2D eigenvalue weighted by molar-refractivity contribution is 0.0742. The van der Waals surface area contributed by atoms with Crippen molar-refractivity contribution < 1.29 is 4.79 Å². The van der Waals surface area contributed by atoms with Crippen molar-refractivity contribution in [1.29, 1.82) is 0 Å². The molecule has 0 saturated carbocycles. The fourth-order valence-electron chi connectivity index (χ4n) is 1.85. The molecule has 0 unspecified atom stereocenters. The van der Waals surface area contributed by atoms with Gasteiger partial charge in [-0.3, -0.25) is 4.79 Å². The molecule has 2 heterocycles. The number of thioether (sulfide) groups is 1. The molecule has 0 spiro atoms. The van der Waals surface area contributed by atoms with Crippen molar-refractivity contribution >= 4 is 33.6 Å². The predicted molar refractivity (Wildman–Crippen MR) is 74.4 cm³/mol. The molecule has 1 aromatic heterocycles. The summed E-state index contributed by atoms with van der Waals surface area (Å²) in [4.78, 5) is 18.3. The van der Waals surface area contributed by atoms with Crippen LogP contribution in [0.3, 0.4) is 0 Å². The van der Waals surface area contributed by atoms with Crippen LogP contribution in [-0.4, -0.2) is 39.4 Å². The Balaban J connectivity index is 2.12. The summed E-state index contributed by atoms with van der Waals surface area (Å²) in [7, 11) is 0. The highest BCUT2D eigenvalue weighted by molar-refractivity contribution is 9.10. The van der Waals surface area contributed by atoms with Gasteiger partial charge in [-0.2, -0.15) is 11.8 Å². The first-order valence-electron chi connectivity index (χ1n) is 5.53. The van der Waals surface area contributed by atoms with Gasteiger partial charge in [-0.25, -0.2) is 4.98 Å². The molecule has 1 saturated heterocycles. The summed E-state index contributed by atoms with van der Waals surface area (Å²) in [6.45, 7) is 5.94. The van der Waals surface area contributed by atoms with Crippen molar-refractivity contribution in [2.45, 2.75) is 18.6 Å². The Hall–Kier alpha value is -0.550. The molecule has 0 bridgehead atoms. The van der Waals surface area contributed by atoms with Gasteiger partial charge in [0.05, 0.1) is 0 Å². The van der Waals surface area contributed by atoms with E-state index in [-0.39, 0.29) is 10.7 Å². The van der Waals surface area contributed by atoms with Gasteiger partial charge in [-0.05, 0) is 41.9 Å². The molecule has 0 N–H and O–H groups in total. The van der Waals surface area contributed by atoms with Crippen molar-refractivity contribution in [3.63, 3.8) is 0 Å². The van der Waals surface area contributed by atoms with Crippen molar-refractivity contribution in [2.75, 3.05) is 18.8 Å². The van der Waals surface area contributed by atoms with Crippen LogP contribution in [0.25, 0.3) is 0 Å². The summed E-state index contributed by atoms with van der Waals surface area (Å²) in [5.74, 6) is 1.03. The van der Waals surface area contributed by atoms with Crippen molar-refractivity contribution in [2.24, 2.45) is 0 Å². The Kier molecular flexibility index (Phi) is 3.78. The van der Waals surface area contributed by atoms with E-state index in [0.717, 1.165) is 23.3 Å². The zero-order valence-corrected chi connectivity index (χ0v) is 12.3. The second-order valence-electron chi connectivity index (χ2n) is 4.70. The quantitative estimate of drug-likeness (QED) is 0.799. The molecular weight excluding hydrogens is 300 g/mol. The average molecular weight is 315 g/mol. The highest BCUT2D eigenvalue weighted by atomic mass is 79.9. The van der Waals surface area contributed by atoms with Crippen molar-refractivity contribution in [3.8, 4) is 0 Å².